The van der Waals surface area contributed by atoms with Crippen molar-refractivity contribution in [1.82, 2.24) is 4.90 Å². The Hall–Kier alpha value is -3.77. The van der Waals surface area contributed by atoms with Gasteiger partial charge in [-0.25, -0.2) is 0 Å². The third-order valence-corrected chi connectivity index (χ3v) is 6.49. The molecule has 35 heavy (non-hydrogen) atoms. The van der Waals surface area contributed by atoms with E-state index in [-0.39, 0.29) is 17.6 Å². The Labute approximate surface area is 205 Å². The van der Waals surface area contributed by atoms with Gasteiger partial charge in [0, 0.05) is 18.0 Å². The molecule has 3 aromatic rings. The molecule has 1 atom stereocenters. The molecule has 1 N–H and O–H groups in total. The van der Waals surface area contributed by atoms with Crippen LogP contribution < -0.4 is 4.74 Å². The number of aliphatic hydroxyl groups excluding tert-OH is 1. The second kappa shape index (κ2) is 10.2. The summed E-state index contributed by atoms with van der Waals surface area (Å²) in [6.45, 7) is 3.72. The van der Waals surface area contributed by atoms with Gasteiger partial charge in [0.1, 0.15) is 31.3 Å². The maximum Gasteiger partial charge on any atom is 0.292 e. The number of aliphatic hydroxyl groups is 1. The van der Waals surface area contributed by atoms with Crippen molar-refractivity contribution in [2.45, 2.75) is 25.5 Å². The van der Waals surface area contributed by atoms with Crippen molar-refractivity contribution in [3.8, 4) is 5.75 Å². The Morgan fingerprint density at radius 1 is 0.829 bits per heavy atom. The number of ether oxygens (including phenoxy) is 3. The van der Waals surface area contributed by atoms with Gasteiger partial charge in [-0.05, 0) is 35.7 Å². The average Bonchev–Trinajstić information content (AvgIpc) is 3.12. The second-order valence-electron chi connectivity index (χ2n) is 8.77. The summed E-state index contributed by atoms with van der Waals surface area (Å²) < 4.78 is 17.1. The largest absolute Gasteiger partial charge is 0.491 e. The lowest BCUT2D eigenvalue weighted by Gasteiger charge is -2.26. The molecule has 3 aromatic carbocycles. The minimum Gasteiger partial charge on any atom is -0.491 e. The van der Waals surface area contributed by atoms with E-state index in [0.29, 0.717) is 38.7 Å². The molecule has 2 heterocycles. The van der Waals surface area contributed by atoms with Crippen molar-refractivity contribution >= 4 is 5.91 Å². The van der Waals surface area contributed by atoms with Crippen molar-refractivity contribution in [1.29, 1.82) is 0 Å². The average molecular weight is 472 g/mol. The van der Waals surface area contributed by atoms with Crippen molar-refractivity contribution in [3.05, 3.63) is 113 Å². The lowest BCUT2D eigenvalue weighted by atomic mass is 9.83. The number of rotatable bonds is 5. The minimum atomic E-state index is -0.780. The van der Waals surface area contributed by atoms with E-state index in [2.05, 4.69) is 0 Å². The van der Waals surface area contributed by atoms with Crippen LogP contribution >= 0.6 is 0 Å². The summed E-state index contributed by atoms with van der Waals surface area (Å²) >= 11 is 0. The highest BCUT2D eigenvalue weighted by molar-refractivity contribution is 5.92. The molecule has 2 aliphatic heterocycles. The highest BCUT2D eigenvalue weighted by atomic mass is 16.6. The predicted molar refractivity (Wildman–Crippen MR) is 132 cm³/mol. The fraction of sp³-hybridized carbons (Fsp3) is 0.276. The number of carbonyl (C=O) groups is 1. The molecule has 0 aliphatic carbocycles. The molecule has 6 nitrogen and oxygen atoms in total. The first-order valence-corrected chi connectivity index (χ1v) is 11.9. The highest BCUT2D eigenvalue weighted by Gasteiger charge is 2.29. The molecule has 0 radical (unpaired) electrons. The summed E-state index contributed by atoms with van der Waals surface area (Å²) in [5.41, 5.74) is 3.69. The Bertz CT molecular complexity index is 1170. The van der Waals surface area contributed by atoms with Gasteiger partial charge in [-0.15, -0.1) is 0 Å². The molecular weight excluding hydrogens is 442 g/mol. The number of fused-ring (bicyclic) bond motifs is 1. The molecule has 0 aromatic heterocycles. The zero-order valence-corrected chi connectivity index (χ0v) is 19.7. The molecule has 0 saturated carbocycles. The zero-order chi connectivity index (χ0) is 24.2. The fourth-order valence-electron chi connectivity index (χ4n) is 4.70. The molecule has 2 aliphatic rings. The van der Waals surface area contributed by atoms with Crippen molar-refractivity contribution < 1.29 is 24.1 Å². The molecule has 6 heteroatoms. The van der Waals surface area contributed by atoms with E-state index < -0.39 is 6.10 Å². The molecule has 180 valence electrons. The van der Waals surface area contributed by atoms with Gasteiger partial charge >= 0.3 is 0 Å². The van der Waals surface area contributed by atoms with Gasteiger partial charge in [0.15, 0.2) is 0 Å². The predicted octanol–water partition coefficient (Wildman–Crippen LogP) is 4.55. The summed E-state index contributed by atoms with van der Waals surface area (Å²) in [7, 11) is 0. The van der Waals surface area contributed by atoms with Crippen LogP contribution in [0.1, 0.15) is 41.2 Å². The number of amides is 1. The van der Waals surface area contributed by atoms with E-state index in [1.165, 1.54) is 0 Å². The smallest absolute Gasteiger partial charge is 0.292 e. The van der Waals surface area contributed by atoms with Gasteiger partial charge in [0.2, 0.25) is 5.76 Å². The fourth-order valence-corrected chi connectivity index (χ4v) is 4.70. The van der Waals surface area contributed by atoms with E-state index in [1.54, 1.807) is 11.8 Å². The molecular formula is C29H29NO5. The molecule has 1 amide bonds. The Morgan fingerprint density at radius 3 is 2.14 bits per heavy atom. The summed E-state index contributed by atoms with van der Waals surface area (Å²) in [4.78, 5) is 14.9. The van der Waals surface area contributed by atoms with E-state index in [0.717, 1.165) is 28.0 Å². The Morgan fingerprint density at radius 2 is 1.49 bits per heavy atom. The van der Waals surface area contributed by atoms with Gasteiger partial charge < -0.3 is 24.2 Å². The van der Waals surface area contributed by atoms with Crippen molar-refractivity contribution in [3.63, 3.8) is 0 Å². The second-order valence-corrected chi connectivity index (χ2v) is 8.77. The van der Waals surface area contributed by atoms with Gasteiger partial charge in [0.05, 0.1) is 12.6 Å². The van der Waals surface area contributed by atoms with E-state index in [9.17, 15) is 9.90 Å². The molecule has 0 spiro atoms. The number of carbonyl (C=O) groups excluding carboxylic acids is 1. The van der Waals surface area contributed by atoms with Crippen LogP contribution in [-0.2, 0) is 20.8 Å². The number of benzene rings is 3. The van der Waals surface area contributed by atoms with Crippen LogP contribution in [0.4, 0.5) is 0 Å². The van der Waals surface area contributed by atoms with Gasteiger partial charge in [-0.1, -0.05) is 66.7 Å². The highest BCUT2D eigenvalue weighted by Crippen LogP contribution is 2.38. The van der Waals surface area contributed by atoms with Crippen molar-refractivity contribution in [2.24, 2.45) is 0 Å². The quantitative estimate of drug-likeness (QED) is 0.591. The number of hydrogen-bond donors (Lipinski definition) is 1. The first kappa shape index (κ1) is 23.0. The maximum absolute atomic E-state index is 13.2. The SMILES string of the molecule is CC1=C(C(=O)N2CCOc3ccc(C(O)C(c4ccccc4)c4ccccc4)cc3C2)OCCO1. The molecule has 0 fully saturated rings. The lowest BCUT2D eigenvalue weighted by Crippen LogP contribution is -2.36. The number of nitrogens with zero attached hydrogens (tertiary/aromatic N) is 1. The van der Waals surface area contributed by atoms with Crippen LogP contribution in [0.2, 0.25) is 0 Å². The summed E-state index contributed by atoms with van der Waals surface area (Å²) in [5.74, 6) is 1.03. The minimum absolute atomic E-state index is 0.212. The summed E-state index contributed by atoms with van der Waals surface area (Å²) in [5, 5.41) is 11.6. The Kier molecular flexibility index (Phi) is 6.73. The summed E-state index contributed by atoms with van der Waals surface area (Å²) in [6, 6.07) is 25.8. The lowest BCUT2D eigenvalue weighted by molar-refractivity contribution is -0.133. The third-order valence-electron chi connectivity index (χ3n) is 6.49. The molecule has 0 bridgehead atoms. The topological polar surface area (TPSA) is 68.2 Å². The van der Waals surface area contributed by atoms with Crippen LogP contribution in [-0.4, -0.2) is 42.3 Å². The van der Waals surface area contributed by atoms with Crippen LogP contribution in [0, 0.1) is 0 Å². The first-order chi connectivity index (χ1) is 17.1. The third kappa shape index (κ3) is 4.88. The molecule has 0 saturated heterocycles. The number of allylic oxidation sites excluding steroid dienone is 1. The monoisotopic (exact) mass is 471 g/mol. The van der Waals surface area contributed by atoms with Crippen LogP contribution in [0.25, 0.3) is 0 Å². The van der Waals surface area contributed by atoms with E-state index in [1.807, 2.05) is 78.9 Å². The number of hydrogen-bond acceptors (Lipinski definition) is 5. The van der Waals surface area contributed by atoms with Crippen LogP contribution in [0.15, 0.2) is 90.4 Å². The summed E-state index contributed by atoms with van der Waals surface area (Å²) in [6.07, 6.45) is -0.780. The van der Waals surface area contributed by atoms with Crippen LogP contribution in [0.3, 0.4) is 0 Å². The van der Waals surface area contributed by atoms with Crippen molar-refractivity contribution in [2.75, 3.05) is 26.4 Å². The normalized spacial score (nSPS) is 16.5. The Balaban J connectivity index is 1.46. The first-order valence-electron chi connectivity index (χ1n) is 11.9. The van der Waals surface area contributed by atoms with Gasteiger partial charge in [0.25, 0.3) is 5.91 Å². The van der Waals surface area contributed by atoms with E-state index in [4.69, 9.17) is 14.2 Å². The standard InChI is InChI=1S/C29H29NO5/c1-20-28(35-17-16-33-20)29(32)30-14-15-34-25-13-12-23(18-24(25)19-30)27(31)26(21-8-4-2-5-9-21)22-10-6-3-7-11-22/h2-13,18,26-27,31H,14-17,19H2,1H3. The van der Waals surface area contributed by atoms with Crippen LogP contribution in [0.5, 0.6) is 5.75 Å². The van der Waals surface area contributed by atoms with Gasteiger partial charge in [-0.2, -0.15) is 0 Å². The molecule has 5 rings (SSSR count). The zero-order valence-electron chi connectivity index (χ0n) is 19.7. The molecule has 1 unspecified atom stereocenters. The maximum atomic E-state index is 13.2. The van der Waals surface area contributed by atoms with Gasteiger partial charge in [-0.3, -0.25) is 4.79 Å². The van der Waals surface area contributed by atoms with E-state index >= 15 is 0 Å².